The van der Waals surface area contributed by atoms with Gasteiger partial charge in [-0.2, -0.15) is 0 Å². The molecule has 1 unspecified atom stereocenters. The summed E-state index contributed by atoms with van der Waals surface area (Å²) in [7, 11) is 0. The number of carbonyl (C=O) groups excluding carboxylic acids is 1. The highest BCUT2D eigenvalue weighted by atomic mass is 35.5. The van der Waals surface area contributed by atoms with E-state index in [9.17, 15) is 14.7 Å². The van der Waals surface area contributed by atoms with Crippen LogP contribution in [0.5, 0.6) is 0 Å². The van der Waals surface area contributed by atoms with Crippen molar-refractivity contribution in [2.75, 3.05) is 6.54 Å². The highest BCUT2D eigenvalue weighted by Gasteiger charge is 2.45. The second kappa shape index (κ2) is 7.53. The topological polar surface area (TPSA) is 107 Å². The molecule has 33 heavy (non-hydrogen) atoms. The summed E-state index contributed by atoms with van der Waals surface area (Å²) < 4.78 is 6.83. The maximum absolute atomic E-state index is 13.5. The van der Waals surface area contributed by atoms with Crippen LogP contribution in [-0.4, -0.2) is 27.2 Å². The number of aliphatic hydroxyl groups is 1. The normalized spacial score (nSPS) is 22.3. The third kappa shape index (κ3) is 2.80. The molecule has 4 heterocycles. The maximum Gasteiger partial charge on any atom is 0.343 e. The first-order valence-electron chi connectivity index (χ1n) is 10.9. The van der Waals surface area contributed by atoms with Gasteiger partial charge in [0.05, 0.1) is 29.0 Å². The van der Waals surface area contributed by atoms with Gasteiger partial charge in [0, 0.05) is 21.5 Å². The van der Waals surface area contributed by atoms with Gasteiger partial charge in [0.1, 0.15) is 6.61 Å². The molecule has 2 aromatic heterocycles. The van der Waals surface area contributed by atoms with Gasteiger partial charge in [-0.25, -0.2) is 9.78 Å². The van der Waals surface area contributed by atoms with Crippen LogP contribution in [0, 0.1) is 0 Å². The lowest BCUT2D eigenvalue weighted by Crippen LogP contribution is -2.44. The first kappa shape index (κ1) is 22.3. The number of cyclic esters (lactones) is 1. The Labute approximate surface area is 200 Å². The van der Waals surface area contributed by atoms with E-state index >= 15 is 0 Å². The van der Waals surface area contributed by atoms with Crippen LogP contribution in [0.4, 0.5) is 0 Å². The molecule has 3 N–H and O–H groups in total. The fourth-order valence-corrected chi connectivity index (χ4v) is 5.90. The summed E-state index contributed by atoms with van der Waals surface area (Å²) in [4.78, 5) is 30.8. The van der Waals surface area contributed by atoms with E-state index in [1.54, 1.807) is 17.6 Å². The summed E-state index contributed by atoms with van der Waals surface area (Å²) in [5.41, 5.74) is 10.0. The number of fused-ring (bicyclic) bond motifs is 5. The van der Waals surface area contributed by atoms with Crippen molar-refractivity contribution in [3.63, 3.8) is 0 Å². The van der Waals surface area contributed by atoms with E-state index in [0.29, 0.717) is 35.6 Å². The van der Waals surface area contributed by atoms with E-state index < -0.39 is 11.6 Å². The van der Waals surface area contributed by atoms with Gasteiger partial charge in [-0.05, 0) is 61.1 Å². The monoisotopic (exact) mass is 487 g/mol. The summed E-state index contributed by atoms with van der Waals surface area (Å²) in [5.74, 6) is -0.573. The number of nitrogens with zero attached hydrogens (tertiary/aromatic N) is 2. The summed E-state index contributed by atoms with van der Waals surface area (Å²) in [6.07, 6.45) is 1.84. The molecule has 1 aromatic carbocycles. The van der Waals surface area contributed by atoms with Gasteiger partial charge >= 0.3 is 5.97 Å². The molecule has 0 spiro atoms. The summed E-state index contributed by atoms with van der Waals surface area (Å²) in [6.45, 7) is 2.43. The first-order chi connectivity index (χ1) is 15.4. The molecule has 9 heteroatoms. The number of halogens is 2. The minimum atomic E-state index is -1.84. The van der Waals surface area contributed by atoms with Gasteiger partial charge in [-0.3, -0.25) is 4.79 Å². The number of carbonyl (C=O) groups is 1. The number of rotatable bonds is 2. The van der Waals surface area contributed by atoms with Crippen molar-refractivity contribution in [1.82, 2.24) is 9.55 Å². The van der Waals surface area contributed by atoms with E-state index in [-0.39, 0.29) is 36.9 Å². The highest BCUT2D eigenvalue weighted by Crippen LogP contribution is 2.46. The Morgan fingerprint density at radius 1 is 1.30 bits per heavy atom. The van der Waals surface area contributed by atoms with Crippen molar-refractivity contribution in [2.24, 2.45) is 5.73 Å². The average Bonchev–Trinajstić information content (AvgIpc) is 3.17. The van der Waals surface area contributed by atoms with E-state index in [1.165, 1.54) is 0 Å². The molecule has 3 aliphatic rings. The second-order valence-corrected chi connectivity index (χ2v) is 9.25. The molecule has 2 atom stereocenters. The predicted octanol–water partition coefficient (Wildman–Crippen LogP) is 3.14. The highest BCUT2D eigenvalue weighted by molar-refractivity contribution is 6.32. The minimum absolute atomic E-state index is 0. The third-order valence-corrected chi connectivity index (χ3v) is 7.74. The van der Waals surface area contributed by atoms with Gasteiger partial charge in [-0.1, -0.05) is 18.5 Å². The summed E-state index contributed by atoms with van der Waals surface area (Å²) in [5, 5.41) is 12.8. The molecular formula is C24H23Cl2N3O4. The molecule has 0 bridgehead atoms. The van der Waals surface area contributed by atoms with E-state index in [2.05, 4.69) is 0 Å². The molecule has 0 saturated carbocycles. The van der Waals surface area contributed by atoms with E-state index in [4.69, 9.17) is 27.1 Å². The van der Waals surface area contributed by atoms with Gasteiger partial charge < -0.3 is 20.1 Å². The molecule has 3 aromatic rings. The van der Waals surface area contributed by atoms with Gasteiger partial charge in [-0.15, -0.1) is 12.4 Å². The molecule has 0 fully saturated rings. The first-order valence-corrected chi connectivity index (χ1v) is 11.3. The number of benzene rings is 1. The van der Waals surface area contributed by atoms with Crippen molar-refractivity contribution < 1.29 is 14.6 Å². The number of aryl methyl sites for hydroxylation is 1. The van der Waals surface area contributed by atoms with Gasteiger partial charge in [0.15, 0.2) is 5.60 Å². The lowest BCUT2D eigenvalue weighted by Gasteiger charge is -2.31. The fraction of sp³-hybridized carbons (Fsp3) is 0.375. The van der Waals surface area contributed by atoms with Crippen molar-refractivity contribution in [3.05, 3.63) is 61.4 Å². The molecule has 0 amide bonds. The van der Waals surface area contributed by atoms with Gasteiger partial charge in [0.25, 0.3) is 5.56 Å². The number of hydrogen-bond donors (Lipinski definition) is 2. The quantitative estimate of drug-likeness (QED) is 0.420. The number of nitrogens with two attached hydrogens (primary N) is 1. The van der Waals surface area contributed by atoms with Crippen molar-refractivity contribution in [1.29, 1.82) is 0 Å². The smallest absolute Gasteiger partial charge is 0.343 e. The van der Waals surface area contributed by atoms with Crippen molar-refractivity contribution >= 4 is 40.9 Å². The third-order valence-electron chi connectivity index (χ3n) is 7.38. The number of hydrogen-bond acceptors (Lipinski definition) is 6. The van der Waals surface area contributed by atoms with Crippen LogP contribution < -0.4 is 11.3 Å². The number of ether oxygens (including phenoxy) is 1. The van der Waals surface area contributed by atoms with Crippen LogP contribution in [0.1, 0.15) is 53.5 Å². The number of pyridine rings is 2. The summed E-state index contributed by atoms with van der Waals surface area (Å²) in [6, 6.07) is 5.52. The Kier molecular flexibility index (Phi) is 5.10. The second-order valence-electron chi connectivity index (χ2n) is 8.85. The van der Waals surface area contributed by atoms with Crippen molar-refractivity contribution in [2.45, 2.75) is 50.9 Å². The molecule has 0 radical (unpaired) electrons. The van der Waals surface area contributed by atoms with Crippen LogP contribution in [0.25, 0.3) is 22.3 Å². The van der Waals surface area contributed by atoms with Crippen LogP contribution in [-0.2, 0) is 34.7 Å². The number of esters is 1. The van der Waals surface area contributed by atoms with Crippen LogP contribution in [0.3, 0.4) is 0 Å². The van der Waals surface area contributed by atoms with Crippen LogP contribution in [0.2, 0.25) is 5.02 Å². The van der Waals surface area contributed by atoms with E-state index in [0.717, 1.165) is 45.5 Å². The fourth-order valence-electron chi connectivity index (χ4n) is 5.65. The maximum atomic E-state index is 13.5. The van der Waals surface area contributed by atoms with Crippen LogP contribution >= 0.6 is 24.0 Å². The Morgan fingerprint density at radius 2 is 2.09 bits per heavy atom. The Hall–Kier alpha value is -2.45. The Morgan fingerprint density at radius 3 is 2.82 bits per heavy atom. The zero-order valence-electron chi connectivity index (χ0n) is 18.0. The molecular weight excluding hydrogens is 465 g/mol. The molecule has 172 valence electrons. The molecule has 0 saturated heterocycles. The zero-order valence-corrected chi connectivity index (χ0v) is 19.6. The minimum Gasteiger partial charge on any atom is -0.458 e. The van der Waals surface area contributed by atoms with Crippen LogP contribution in [0.15, 0.2) is 23.0 Å². The Bertz CT molecular complexity index is 1420. The summed E-state index contributed by atoms with van der Waals surface area (Å²) >= 11 is 6.52. The number of aromatic nitrogens is 2. The largest absolute Gasteiger partial charge is 0.458 e. The van der Waals surface area contributed by atoms with E-state index in [1.807, 2.05) is 12.1 Å². The average molecular weight is 488 g/mol. The molecule has 7 nitrogen and oxygen atoms in total. The molecule has 2 aliphatic heterocycles. The molecule has 1 aliphatic carbocycles. The standard InChI is InChI=1S/C24H22ClN3O4.ClH/c1-2-24(31)15-7-18-21-13(9-28(18)22(29)14(15)10-32-23(24)30)19-11(8-26)3-4-12-16(25)5-6-17(27-21)20(12)19;/h5-7,11,31H,2-4,8-10,26H2,1H3;1H/t11?,24-;/m0./s1. The Balaban J connectivity index is 0.00000228. The lowest BCUT2D eigenvalue weighted by molar-refractivity contribution is -0.172. The lowest BCUT2D eigenvalue weighted by atomic mass is 9.79. The predicted molar refractivity (Wildman–Crippen MR) is 127 cm³/mol. The molecule has 6 rings (SSSR count). The zero-order chi connectivity index (χ0) is 22.4. The van der Waals surface area contributed by atoms with Crippen molar-refractivity contribution in [3.8, 4) is 11.4 Å². The SMILES string of the molecule is CC[C@@]1(O)C(=O)OCc2c1cc1n(c2=O)Cc2c-1nc1ccc(Cl)c3c1c2C(CN)CC3.Cl. The van der Waals surface area contributed by atoms with Gasteiger partial charge in [0.2, 0.25) is 0 Å².